The van der Waals surface area contributed by atoms with Gasteiger partial charge in [0.05, 0.1) is 5.39 Å². The van der Waals surface area contributed by atoms with Gasteiger partial charge in [-0.2, -0.15) is 0 Å². The second-order valence-corrected chi connectivity index (χ2v) is 7.21. The summed E-state index contributed by atoms with van der Waals surface area (Å²) in [6.45, 7) is 8.12. The SMILES string of the molecule is Cl.c1nc(N2CCN(CC3CCNCC3)CC2)c2ccsc2n1. The van der Waals surface area contributed by atoms with Crippen molar-refractivity contribution >= 4 is 39.8 Å². The Labute approximate surface area is 147 Å². The summed E-state index contributed by atoms with van der Waals surface area (Å²) in [6.07, 6.45) is 4.37. The fraction of sp³-hybridized carbons (Fsp3) is 0.625. The normalized spacial score (nSPS) is 20.6. The summed E-state index contributed by atoms with van der Waals surface area (Å²) in [6, 6.07) is 2.15. The molecule has 0 atom stereocenters. The molecule has 2 fully saturated rings. The molecule has 0 saturated carbocycles. The summed E-state index contributed by atoms with van der Waals surface area (Å²) in [5.74, 6) is 2.00. The zero-order valence-corrected chi connectivity index (χ0v) is 14.9. The van der Waals surface area contributed by atoms with E-state index in [1.807, 2.05) is 0 Å². The van der Waals surface area contributed by atoms with E-state index >= 15 is 0 Å². The van der Waals surface area contributed by atoms with Crippen LogP contribution in [0.15, 0.2) is 17.8 Å². The highest BCUT2D eigenvalue weighted by Gasteiger charge is 2.23. The molecule has 1 N–H and O–H groups in total. The molecule has 4 heterocycles. The second-order valence-electron chi connectivity index (χ2n) is 6.32. The summed E-state index contributed by atoms with van der Waals surface area (Å²) >= 11 is 1.70. The van der Waals surface area contributed by atoms with Crippen LogP contribution in [0.3, 0.4) is 0 Å². The predicted molar refractivity (Wildman–Crippen MR) is 98.9 cm³/mol. The lowest BCUT2D eigenvalue weighted by molar-refractivity contribution is 0.196. The van der Waals surface area contributed by atoms with Gasteiger partial charge in [0.2, 0.25) is 0 Å². The number of thiophene rings is 1. The van der Waals surface area contributed by atoms with E-state index in [0.29, 0.717) is 0 Å². The molecule has 2 aromatic heterocycles. The molecule has 2 aliphatic rings. The number of piperazine rings is 1. The number of anilines is 1. The van der Waals surface area contributed by atoms with E-state index in [4.69, 9.17) is 0 Å². The van der Waals surface area contributed by atoms with Crippen LogP contribution in [0, 0.1) is 5.92 Å². The average Bonchev–Trinajstić information content (AvgIpc) is 3.05. The lowest BCUT2D eigenvalue weighted by atomic mass is 9.97. The van der Waals surface area contributed by atoms with E-state index in [1.54, 1.807) is 17.7 Å². The Hall–Kier alpha value is -0.950. The van der Waals surface area contributed by atoms with E-state index < -0.39 is 0 Å². The first-order chi connectivity index (χ1) is 10.9. The highest BCUT2D eigenvalue weighted by molar-refractivity contribution is 7.16. The Kier molecular flexibility index (Phi) is 5.69. The lowest BCUT2D eigenvalue weighted by Gasteiger charge is -2.38. The molecule has 0 radical (unpaired) electrons. The maximum atomic E-state index is 4.54. The van der Waals surface area contributed by atoms with Crippen LogP contribution in [0.2, 0.25) is 0 Å². The van der Waals surface area contributed by atoms with Crippen LogP contribution in [-0.4, -0.2) is 60.7 Å². The first-order valence-corrected chi connectivity index (χ1v) is 9.14. The molecule has 23 heavy (non-hydrogen) atoms. The minimum absolute atomic E-state index is 0. The maximum absolute atomic E-state index is 4.54. The van der Waals surface area contributed by atoms with Crippen LogP contribution >= 0.6 is 23.7 Å². The maximum Gasteiger partial charge on any atom is 0.140 e. The van der Waals surface area contributed by atoms with Gasteiger partial charge < -0.3 is 10.2 Å². The number of rotatable bonds is 3. The molecular weight excluding hydrogens is 330 g/mol. The number of fused-ring (bicyclic) bond motifs is 1. The number of nitrogens with zero attached hydrogens (tertiary/aromatic N) is 4. The molecule has 7 heteroatoms. The van der Waals surface area contributed by atoms with Crippen molar-refractivity contribution < 1.29 is 0 Å². The Morgan fingerprint density at radius 1 is 1.13 bits per heavy atom. The monoisotopic (exact) mass is 353 g/mol. The van der Waals surface area contributed by atoms with Gasteiger partial charge in [-0.15, -0.1) is 23.7 Å². The van der Waals surface area contributed by atoms with Gasteiger partial charge >= 0.3 is 0 Å². The first-order valence-electron chi connectivity index (χ1n) is 8.26. The minimum atomic E-state index is 0. The van der Waals surface area contributed by atoms with Crippen molar-refractivity contribution in [2.75, 3.05) is 50.7 Å². The smallest absolute Gasteiger partial charge is 0.140 e. The van der Waals surface area contributed by atoms with Gasteiger partial charge in [-0.3, -0.25) is 4.90 Å². The summed E-state index contributed by atoms with van der Waals surface area (Å²) in [4.78, 5) is 15.1. The minimum Gasteiger partial charge on any atom is -0.353 e. The zero-order chi connectivity index (χ0) is 14.8. The van der Waals surface area contributed by atoms with Gasteiger partial charge in [0.15, 0.2) is 0 Å². The molecule has 2 aliphatic heterocycles. The molecule has 126 valence electrons. The first kappa shape index (κ1) is 16.9. The Bertz CT molecular complexity index is 620. The molecule has 0 amide bonds. The van der Waals surface area contributed by atoms with Crippen molar-refractivity contribution in [2.24, 2.45) is 5.92 Å². The molecule has 0 aromatic carbocycles. The molecule has 4 rings (SSSR count). The third-order valence-electron chi connectivity index (χ3n) is 4.89. The van der Waals surface area contributed by atoms with Gasteiger partial charge in [0.1, 0.15) is 17.0 Å². The fourth-order valence-electron chi connectivity index (χ4n) is 3.60. The van der Waals surface area contributed by atoms with Crippen molar-refractivity contribution in [3.8, 4) is 0 Å². The number of hydrogen-bond acceptors (Lipinski definition) is 6. The van der Waals surface area contributed by atoms with Crippen molar-refractivity contribution in [3.05, 3.63) is 17.8 Å². The quantitative estimate of drug-likeness (QED) is 0.916. The third-order valence-corrected chi connectivity index (χ3v) is 5.71. The summed E-state index contributed by atoms with van der Waals surface area (Å²) in [5.41, 5.74) is 0. The number of aromatic nitrogens is 2. The van der Waals surface area contributed by atoms with Crippen LogP contribution in [-0.2, 0) is 0 Å². The number of piperidine rings is 1. The van der Waals surface area contributed by atoms with Crippen molar-refractivity contribution in [1.29, 1.82) is 0 Å². The predicted octanol–water partition coefficient (Wildman–Crippen LogP) is 2.23. The third kappa shape index (κ3) is 3.76. The molecule has 2 aromatic rings. The zero-order valence-electron chi connectivity index (χ0n) is 13.3. The highest BCUT2D eigenvalue weighted by Crippen LogP contribution is 2.27. The molecule has 5 nitrogen and oxygen atoms in total. The van der Waals surface area contributed by atoms with E-state index in [9.17, 15) is 0 Å². The molecule has 0 bridgehead atoms. The van der Waals surface area contributed by atoms with Gasteiger partial charge in [0, 0.05) is 32.7 Å². The topological polar surface area (TPSA) is 44.3 Å². The van der Waals surface area contributed by atoms with E-state index in [1.165, 1.54) is 37.9 Å². The van der Waals surface area contributed by atoms with E-state index in [-0.39, 0.29) is 12.4 Å². The van der Waals surface area contributed by atoms with E-state index in [0.717, 1.165) is 42.7 Å². The van der Waals surface area contributed by atoms with Crippen LogP contribution in [0.4, 0.5) is 5.82 Å². The molecule has 0 spiro atoms. The Morgan fingerprint density at radius 2 is 1.91 bits per heavy atom. The van der Waals surface area contributed by atoms with Crippen molar-refractivity contribution in [2.45, 2.75) is 12.8 Å². The number of halogens is 1. The van der Waals surface area contributed by atoms with Gasteiger partial charge in [-0.25, -0.2) is 9.97 Å². The Morgan fingerprint density at radius 3 is 2.70 bits per heavy atom. The number of nitrogens with one attached hydrogen (secondary N) is 1. The van der Waals surface area contributed by atoms with Crippen LogP contribution in [0.5, 0.6) is 0 Å². The van der Waals surface area contributed by atoms with Gasteiger partial charge in [-0.1, -0.05) is 0 Å². The summed E-state index contributed by atoms with van der Waals surface area (Å²) in [5, 5.41) is 6.77. The number of hydrogen-bond donors (Lipinski definition) is 1. The highest BCUT2D eigenvalue weighted by atomic mass is 35.5. The lowest BCUT2D eigenvalue weighted by Crippen LogP contribution is -2.49. The largest absolute Gasteiger partial charge is 0.353 e. The van der Waals surface area contributed by atoms with Crippen LogP contribution in [0.1, 0.15) is 12.8 Å². The standard InChI is InChI=1S/C16H23N5S.ClH/c1-4-17-5-2-13(1)11-20-6-8-21(9-7-20)15-14-3-10-22-16(14)19-12-18-15;/h3,10,12-13,17H,1-2,4-9,11H2;1H. The van der Waals surface area contributed by atoms with Crippen molar-refractivity contribution in [3.63, 3.8) is 0 Å². The molecule has 0 aliphatic carbocycles. The second kappa shape index (κ2) is 7.75. The Balaban J connectivity index is 0.00000156. The van der Waals surface area contributed by atoms with E-state index in [2.05, 4.69) is 36.5 Å². The molecular formula is C16H24ClN5S. The molecule has 0 unspecified atom stereocenters. The van der Waals surface area contributed by atoms with Crippen LogP contribution < -0.4 is 10.2 Å². The molecule has 2 saturated heterocycles. The summed E-state index contributed by atoms with van der Waals surface area (Å²) in [7, 11) is 0. The average molecular weight is 354 g/mol. The van der Waals surface area contributed by atoms with Crippen LogP contribution in [0.25, 0.3) is 10.2 Å². The van der Waals surface area contributed by atoms with Gasteiger partial charge in [0.25, 0.3) is 0 Å². The van der Waals surface area contributed by atoms with Gasteiger partial charge in [-0.05, 0) is 43.3 Å². The summed E-state index contributed by atoms with van der Waals surface area (Å²) < 4.78 is 0. The fourth-order valence-corrected chi connectivity index (χ4v) is 4.33. The van der Waals surface area contributed by atoms with Crippen molar-refractivity contribution in [1.82, 2.24) is 20.2 Å².